The lowest BCUT2D eigenvalue weighted by molar-refractivity contribution is -0.128. The fourth-order valence-electron chi connectivity index (χ4n) is 2.50. The summed E-state index contributed by atoms with van der Waals surface area (Å²) in [6.45, 7) is 2.32. The summed E-state index contributed by atoms with van der Waals surface area (Å²) in [5.74, 6) is -0.410. The van der Waals surface area contributed by atoms with Crippen LogP contribution >= 0.6 is 0 Å². The van der Waals surface area contributed by atoms with Crippen molar-refractivity contribution in [1.29, 1.82) is 0 Å². The number of hydrogen-bond donors (Lipinski definition) is 0. The lowest BCUT2D eigenvalue weighted by atomic mass is 10.2. The van der Waals surface area contributed by atoms with Crippen molar-refractivity contribution < 1.29 is 23.9 Å². The van der Waals surface area contributed by atoms with Gasteiger partial charge in [-0.1, -0.05) is 30.3 Å². The van der Waals surface area contributed by atoms with E-state index in [1.54, 1.807) is 6.92 Å². The zero-order valence-electron chi connectivity index (χ0n) is 12.1. The third-order valence-electron chi connectivity index (χ3n) is 3.80. The Morgan fingerprint density at radius 3 is 2.68 bits per heavy atom. The van der Waals surface area contributed by atoms with E-state index in [1.165, 1.54) is 4.90 Å². The molecule has 2 atom stereocenters. The summed E-state index contributed by atoms with van der Waals surface area (Å²) in [7, 11) is 0. The summed E-state index contributed by atoms with van der Waals surface area (Å²) in [5.41, 5.74) is 0.872. The largest absolute Gasteiger partial charge is 0.447 e. The number of carbonyl (C=O) groups excluding carboxylic acids is 3. The van der Waals surface area contributed by atoms with E-state index in [0.29, 0.717) is 0 Å². The van der Waals surface area contributed by atoms with Gasteiger partial charge >= 0.3 is 12.2 Å². The van der Waals surface area contributed by atoms with E-state index >= 15 is 0 Å². The minimum absolute atomic E-state index is 0.148. The Labute approximate surface area is 127 Å². The van der Waals surface area contributed by atoms with Crippen LogP contribution in [0.15, 0.2) is 30.3 Å². The molecule has 0 radical (unpaired) electrons. The molecule has 0 N–H and O–H groups in total. The average molecular weight is 304 g/mol. The van der Waals surface area contributed by atoms with Crippen LogP contribution in [0.4, 0.5) is 9.59 Å². The van der Waals surface area contributed by atoms with Crippen molar-refractivity contribution in [2.75, 3.05) is 13.2 Å². The van der Waals surface area contributed by atoms with E-state index in [2.05, 4.69) is 0 Å². The van der Waals surface area contributed by atoms with Crippen LogP contribution in [-0.2, 0) is 20.9 Å². The molecule has 2 fully saturated rings. The van der Waals surface area contributed by atoms with E-state index in [-0.39, 0.29) is 25.8 Å². The summed E-state index contributed by atoms with van der Waals surface area (Å²) in [5, 5.41) is 0. The van der Waals surface area contributed by atoms with Crippen LogP contribution in [0, 0.1) is 0 Å². The first-order chi connectivity index (χ1) is 10.6. The van der Waals surface area contributed by atoms with Gasteiger partial charge in [-0.25, -0.2) is 14.5 Å². The smallest absolute Gasteiger partial charge is 0.416 e. The predicted molar refractivity (Wildman–Crippen MR) is 74.8 cm³/mol. The average Bonchev–Trinajstić information content (AvgIpc) is 3.01. The SMILES string of the molecule is C[C@@H]1[C@@H](C(=O)N2CCOC2=O)N1C(=O)OCc1ccccc1. The summed E-state index contributed by atoms with van der Waals surface area (Å²) in [6, 6.07) is 8.37. The van der Waals surface area contributed by atoms with Crippen LogP contribution < -0.4 is 0 Å². The van der Waals surface area contributed by atoms with E-state index in [1.807, 2.05) is 30.3 Å². The molecule has 0 aliphatic carbocycles. The van der Waals surface area contributed by atoms with Gasteiger partial charge < -0.3 is 9.47 Å². The third kappa shape index (κ3) is 2.61. The van der Waals surface area contributed by atoms with E-state index in [0.717, 1.165) is 10.5 Å². The monoisotopic (exact) mass is 304 g/mol. The van der Waals surface area contributed by atoms with Crippen molar-refractivity contribution in [2.24, 2.45) is 0 Å². The van der Waals surface area contributed by atoms with Crippen LogP contribution in [-0.4, -0.2) is 53.1 Å². The second-order valence-electron chi connectivity index (χ2n) is 5.24. The number of hydrogen-bond acceptors (Lipinski definition) is 5. The highest BCUT2D eigenvalue weighted by Gasteiger charge is 2.56. The number of amides is 3. The maximum atomic E-state index is 12.2. The minimum atomic E-state index is -0.651. The van der Waals surface area contributed by atoms with Crippen LogP contribution in [0.3, 0.4) is 0 Å². The fourth-order valence-corrected chi connectivity index (χ4v) is 2.50. The summed E-state index contributed by atoms with van der Waals surface area (Å²) in [6.07, 6.45) is -1.20. The predicted octanol–water partition coefficient (Wildman–Crippen LogP) is 1.37. The Morgan fingerprint density at radius 2 is 2.05 bits per heavy atom. The molecule has 1 aromatic rings. The Hall–Kier alpha value is -2.57. The van der Waals surface area contributed by atoms with Crippen LogP contribution in [0.1, 0.15) is 12.5 Å². The number of carbonyl (C=O) groups is 3. The van der Waals surface area contributed by atoms with Gasteiger partial charge in [-0.15, -0.1) is 0 Å². The Kier molecular flexibility index (Phi) is 3.70. The van der Waals surface area contributed by atoms with Crippen molar-refractivity contribution in [3.63, 3.8) is 0 Å². The van der Waals surface area contributed by atoms with Gasteiger partial charge in [-0.05, 0) is 12.5 Å². The Bertz CT molecular complexity index is 603. The highest BCUT2D eigenvalue weighted by molar-refractivity contribution is 6.00. The number of cyclic esters (lactones) is 1. The van der Waals surface area contributed by atoms with Gasteiger partial charge in [0.25, 0.3) is 5.91 Å². The summed E-state index contributed by atoms with van der Waals surface area (Å²) < 4.78 is 9.92. The Morgan fingerprint density at radius 1 is 1.32 bits per heavy atom. The molecule has 0 aromatic heterocycles. The topological polar surface area (TPSA) is 75.9 Å². The minimum Gasteiger partial charge on any atom is -0.447 e. The van der Waals surface area contributed by atoms with Gasteiger partial charge in [0.1, 0.15) is 19.3 Å². The maximum absolute atomic E-state index is 12.2. The number of rotatable bonds is 3. The number of imide groups is 1. The number of ether oxygens (including phenoxy) is 2. The van der Waals surface area contributed by atoms with Crippen LogP contribution in [0.25, 0.3) is 0 Å². The summed E-state index contributed by atoms with van der Waals surface area (Å²) in [4.78, 5) is 38.0. The lowest BCUT2D eigenvalue weighted by Crippen LogP contribution is -2.37. The van der Waals surface area contributed by atoms with Crippen molar-refractivity contribution in [2.45, 2.75) is 25.6 Å². The fraction of sp³-hybridized carbons (Fsp3) is 0.400. The van der Waals surface area contributed by atoms with E-state index in [4.69, 9.17) is 9.47 Å². The molecule has 2 aliphatic rings. The Balaban J connectivity index is 1.55. The van der Waals surface area contributed by atoms with Crippen LogP contribution in [0.5, 0.6) is 0 Å². The first-order valence-electron chi connectivity index (χ1n) is 7.07. The van der Waals surface area contributed by atoms with Crippen molar-refractivity contribution in [1.82, 2.24) is 9.80 Å². The molecular weight excluding hydrogens is 288 g/mol. The summed E-state index contributed by atoms with van der Waals surface area (Å²) >= 11 is 0. The first-order valence-corrected chi connectivity index (χ1v) is 7.07. The van der Waals surface area contributed by atoms with Gasteiger partial charge in [-0.3, -0.25) is 9.69 Å². The molecule has 0 saturated carbocycles. The molecule has 22 heavy (non-hydrogen) atoms. The van der Waals surface area contributed by atoms with Crippen molar-refractivity contribution >= 4 is 18.1 Å². The standard InChI is InChI=1S/C15H16N2O5/c1-10-12(13(18)16-7-8-21-14(16)19)17(10)15(20)22-9-11-5-3-2-4-6-11/h2-6,10,12H,7-9H2,1H3/t10-,12+,17?/m1/s1. The van der Waals surface area contributed by atoms with Gasteiger partial charge in [0.15, 0.2) is 0 Å². The van der Waals surface area contributed by atoms with Crippen LogP contribution in [0.2, 0.25) is 0 Å². The third-order valence-corrected chi connectivity index (χ3v) is 3.80. The molecule has 0 spiro atoms. The molecule has 116 valence electrons. The number of nitrogens with zero attached hydrogens (tertiary/aromatic N) is 2. The van der Waals surface area contributed by atoms with Gasteiger partial charge in [-0.2, -0.15) is 0 Å². The molecule has 7 heteroatoms. The van der Waals surface area contributed by atoms with Gasteiger partial charge in [0, 0.05) is 0 Å². The molecule has 7 nitrogen and oxygen atoms in total. The molecule has 2 aliphatic heterocycles. The molecule has 0 bridgehead atoms. The highest BCUT2D eigenvalue weighted by atomic mass is 16.6. The molecular formula is C15H16N2O5. The first kappa shape index (κ1) is 14.4. The quantitative estimate of drug-likeness (QED) is 0.788. The van der Waals surface area contributed by atoms with Gasteiger partial charge in [0.2, 0.25) is 0 Å². The second kappa shape index (κ2) is 5.67. The lowest BCUT2D eigenvalue weighted by Gasteiger charge is -2.10. The van der Waals surface area contributed by atoms with Crippen molar-refractivity contribution in [3.8, 4) is 0 Å². The molecule has 0 unspecified atom stereocenters. The molecule has 3 rings (SSSR count). The maximum Gasteiger partial charge on any atom is 0.416 e. The number of benzene rings is 1. The van der Waals surface area contributed by atoms with Crippen molar-refractivity contribution in [3.05, 3.63) is 35.9 Å². The molecule has 1 aromatic carbocycles. The zero-order chi connectivity index (χ0) is 15.7. The molecule has 2 saturated heterocycles. The highest BCUT2D eigenvalue weighted by Crippen LogP contribution is 2.31. The molecule has 3 amide bonds. The second-order valence-corrected chi connectivity index (χ2v) is 5.24. The van der Waals surface area contributed by atoms with E-state index in [9.17, 15) is 14.4 Å². The zero-order valence-corrected chi connectivity index (χ0v) is 12.1. The normalized spacial score (nSPS) is 23.2. The molecule has 2 heterocycles. The van der Waals surface area contributed by atoms with E-state index < -0.39 is 24.1 Å². The van der Waals surface area contributed by atoms with Gasteiger partial charge in [0.05, 0.1) is 12.6 Å².